The van der Waals surface area contributed by atoms with Gasteiger partial charge in [-0.15, -0.1) is 0 Å². The summed E-state index contributed by atoms with van der Waals surface area (Å²) >= 11 is 0. The van der Waals surface area contributed by atoms with E-state index in [4.69, 9.17) is 15.2 Å². The third-order valence-corrected chi connectivity index (χ3v) is 5.20. The highest BCUT2D eigenvalue weighted by Gasteiger charge is 2.28. The summed E-state index contributed by atoms with van der Waals surface area (Å²) in [5.74, 6) is 0.305. The molecule has 2 unspecified atom stereocenters. The fourth-order valence-corrected chi connectivity index (χ4v) is 3.93. The summed E-state index contributed by atoms with van der Waals surface area (Å²) in [6, 6.07) is 4.63. The molecule has 1 heterocycles. The molecule has 0 spiro atoms. The molecule has 118 valence electrons. The van der Waals surface area contributed by atoms with Crippen molar-refractivity contribution in [2.24, 2.45) is 5.73 Å². The van der Waals surface area contributed by atoms with E-state index in [1.807, 2.05) is 6.92 Å². The molecule has 7 heteroatoms. The molecule has 1 aromatic carbocycles. The zero-order chi connectivity index (χ0) is 15.5. The third-order valence-electron chi connectivity index (χ3n) is 3.62. The highest BCUT2D eigenvalue weighted by atomic mass is 32.2. The number of hydrogen-bond acceptors (Lipinski definition) is 5. The predicted octanol–water partition coefficient (Wildman–Crippen LogP) is 1.000. The van der Waals surface area contributed by atoms with Crippen molar-refractivity contribution in [3.8, 4) is 5.75 Å². The van der Waals surface area contributed by atoms with E-state index in [1.165, 1.54) is 7.11 Å². The van der Waals surface area contributed by atoms with Crippen molar-refractivity contribution in [3.05, 3.63) is 23.8 Å². The summed E-state index contributed by atoms with van der Waals surface area (Å²) in [6.07, 6.45) is 1.75. The van der Waals surface area contributed by atoms with Crippen LogP contribution in [0.4, 0.5) is 0 Å². The second-order valence-corrected chi connectivity index (χ2v) is 6.83. The normalized spacial score (nSPS) is 20.4. The zero-order valence-electron chi connectivity index (χ0n) is 12.3. The van der Waals surface area contributed by atoms with Crippen LogP contribution in [0.2, 0.25) is 0 Å². The van der Waals surface area contributed by atoms with Crippen molar-refractivity contribution in [1.29, 1.82) is 0 Å². The molecule has 0 aromatic heterocycles. The summed E-state index contributed by atoms with van der Waals surface area (Å²) in [4.78, 5) is 0.109. The van der Waals surface area contributed by atoms with E-state index in [2.05, 4.69) is 4.72 Å². The van der Waals surface area contributed by atoms with Crippen LogP contribution in [0.25, 0.3) is 0 Å². The maximum Gasteiger partial charge on any atom is 0.244 e. The second kappa shape index (κ2) is 6.74. The summed E-state index contributed by atoms with van der Waals surface area (Å²) in [6.45, 7) is 2.77. The summed E-state index contributed by atoms with van der Waals surface area (Å²) in [5, 5.41) is 0. The Balaban J connectivity index is 2.25. The number of hydrogen-bond donors (Lipinski definition) is 2. The second-order valence-electron chi connectivity index (χ2n) is 5.15. The van der Waals surface area contributed by atoms with E-state index in [1.54, 1.807) is 18.2 Å². The van der Waals surface area contributed by atoms with Crippen LogP contribution in [-0.2, 0) is 21.3 Å². The van der Waals surface area contributed by atoms with Crippen molar-refractivity contribution in [2.75, 3.05) is 13.7 Å². The van der Waals surface area contributed by atoms with Crippen LogP contribution in [0.3, 0.4) is 0 Å². The molecule has 1 aromatic rings. The van der Waals surface area contributed by atoms with Crippen molar-refractivity contribution < 1.29 is 17.9 Å². The molecule has 3 N–H and O–H groups in total. The number of nitrogens with one attached hydrogen (secondary N) is 1. The fourth-order valence-electron chi connectivity index (χ4n) is 2.44. The molecule has 0 amide bonds. The number of benzene rings is 1. The molecular formula is C14H22N2O4S. The van der Waals surface area contributed by atoms with E-state index in [-0.39, 0.29) is 23.6 Å². The van der Waals surface area contributed by atoms with Gasteiger partial charge >= 0.3 is 0 Å². The monoisotopic (exact) mass is 314 g/mol. The Morgan fingerprint density at radius 1 is 1.52 bits per heavy atom. The Morgan fingerprint density at radius 2 is 2.29 bits per heavy atom. The van der Waals surface area contributed by atoms with Crippen LogP contribution in [0.5, 0.6) is 5.75 Å². The largest absolute Gasteiger partial charge is 0.495 e. The van der Waals surface area contributed by atoms with Gasteiger partial charge in [-0.1, -0.05) is 6.07 Å². The molecule has 0 bridgehead atoms. The maximum atomic E-state index is 12.6. The first kappa shape index (κ1) is 16.2. The summed E-state index contributed by atoms with van der Waals surface area (Å²) in [5.41, 5.74) is 6.32. The van der Waals surface area contributed by atoms with Crippen LogP contribution in [0.1, 0.15) is 25.3 Å². The lowest BCUT2D eigenvalue weighted by atomic mass is 10.1. The molecule has 0 radical (unpaired) electrons. The number of methoxy groups -OCH3 is 1. The Bertz CT molecular complexity index is 583. The molecular weight excluding hydrogens is 292 g/mol. The molecule has 2 atom stereocenters. The molecule has 1 aliphatic rings. The molecule has 2 rings (SSSR count). The van der Waals surface area contributed by atoms with Crippen molar-refractivity contribution in [2.45, 2.75) is 43.4 Å². The number of sulfonamides is 1. The average molecular weight is 314 g/mol. The van der Waals surface area contributed by atoms with Gasteiger partial charge in [0.05, 0.1) is 13.2 Å². The van der Waals surface area contributed by atoms with Gasteiger partial charge in [-0.3, -0.25) is 0 Å². The van der Waals surface area contributed by atoms with E-state index in [0.29, 0.717) is 12.4 Å². The van der Waals surface area contributed by atoms with E-state index in [0.717, 1.165) is 18.4 Å². The highest BCUT2D eigenvalue weighted by molar-refractivity contribution is 7.89. The maximum absolute atomic E-state index is 12.6. The summed E-state index contributed by atoms with van der Waals surface area (Å²) in [7, 11) is -2.24. The zero-order valence-corrected chi connectivity index (χ0v) is 13.2. The van der Waals surface area contributed by atoms with E-state index >= 15 is 0 Å². The van der Waals surface area contributed by atoms with Crippen LogP contribution in [-0.4, -0.2) is 34.3 Å². The minimum absolute atomic E-state index is 0.0801. The standard InChI is InChI=1S/C14H22N2O4S/c1-10(12-4-3-7-20-12)16-21(17,18)14-8-11(9-15)5-6-13(14)19-2/h5-6,8,10,12,16H,3-4,7,9,15H2,1-2H3. The van der Waals surface area contributed by atoms with Gasteiger partial charge < -0.3 is 15.2 Å². The fraction of sp³-hybridized carbons (Fsp3) is 0.571. The molecule has 6 nitrogen and oxygen atoms in total. The number of nitrogens with two attached hydrogens (primary N) is 1. The van der Waals surface area contributed by atoms with Gasteiger partial charge in [-0.05, 0) is 37.5 Å². The molecule has 21 heavy (non-hydrogen) atoms. The van der Waals surface area contributed by atoms with Crippen molar-refractivity contribution in [3.63, 3.8) is 0 Å². The van der Waals surface area contributed by atoms with Gasteiger partial charge in [-0.2, -0.15) is 0 Å². The molecule has 0 saturated carbocycles. The first-order chi connectivity index (χ1) is 9.97. The molecule has 0 aliphatic carbocycles. The van der Waals surface area contributed by atoms with Gasteiger partial charge in [-0.25, -0.2) is 13.1 Å². The number of rotatable bonds is 6. The van der Waals surface area contributed by atoms with Crippen LogP contribution >= 0.6 is 0 Å². The Labute approximate surface area is 125 Å². The van der Waals surface area contributed by atoms with Crippen LogP contribution in [0.15, 0.2) is 23.1 Å². The quantitative estimate of drug-likeness (QED) is 0.817. The lowest BCUT2D eigenvalue weighted by molar-refractivity contribution is 0.0902. The summed E-state index contributed by atoms with van der Waals surface area (Å²) < 4.78 is 38.5. The minimum Gasteiger partial charge on any atom is -0.495 e. The van der Waals surface area contributed by atoms with Gasteiger partial charge in [0.1, 0.15) is 10.6 Å². The van der Waals surface area contributed by atoms with Gasteiger partial charge in [0.15, 0.2) is 0 Å². The first-order valence-corrected chi connectivity index (χ1v) is 8.47. The third kappa shape index (κ3) is 3.74. The first-order valence-electron chi connectivity index (χ1n) is 6.99. The van der Waals surface area contributed by atoms with Gasteiger partial charge in [0.25, 0.3) is 0 Å². The van der Waals surface area contributed by atoms with Crippen molar-refractivity contribution in [1.82, 2.24) is 4.72 Å². The Morgan fingerprint density at radius 3 is 2.86 bits per heavy atom. The van der Waals surface area contributed by atoms with E-state index in [9.17, 15) is 8.42 Å². The van der Waals surface area contributed by atoms with Crippen molar-refractivity contribution >= 4 is 10.0 Å². The van der Waals surface area contributed by atoms with E-state index < -0.39 is 10.0 Å². The molecule has 1 saturated heterocycles. The SMILES string of the molecule is COc1ccc(CN)cc1S(=O)(=O)NC(C)C1CCCO1. The minimum atomic E-state index is -3.68. The Kier molecular flexibility index (Phi) is 5.21. The van der Waals surface area contributed by atoms with Crippen LogP contribution in [0, 0.1) is 0 Å². The van der Waals surface area contributed by atoms with Crippen LogP contribution < -0.4 is 15.2 Å². The van der Waals surface area contributed by atoms with Gasteiger partial charge in [0.2, 0.25) is 10.0 Å². The smallest absolute Gasteiger partial charge is 0.244 e. The molecule has 1 aliphatic heterocycles. The molecule has 1 fully saturated rings. The lowest BCUT2D eigenvalue weighted by Crippen LogP contribution is -2.40. The highest BCUT2D eigenvalue weighted by Crippen LogP contribution is 2.26. The topological polar surface area (TPSA) is 90.7 Å². The number of ether oxygens (including phenoxy) is 2. The van der Waals surface area contributed by atoms with Gasteiger partial charge in [0, 0.05) is 19.2 Å². The predicted molar refractivity (Wildman–Crippen MR) is 79.6 cm³/mol. The lowest BCUT2D eigenvalue weighted by Gasteiger charge is -2.21. The Hall–Kier alpha value is -1.15. The average Bonchev–Trinajstić information content (AvgIpc) is 3.00.